The van der Waals surface area contributed by atoms with Crippen molar-refractivity contribution in [2.24, 2.45) is 22.9 Å². The number of anilines is 4. The molecular formula is C20H32ClN13S. The van der Waals surface area contributed by atoms with E-state index in [2.05, 4.69) is 36.2 Å². The van der Waals surface area contributed by atoms with Gasteiger partial charge in [0.25, 0.3) is 0 Å². The lowest BCUT2D eigenvalue weighted by atomic mass is 10.0. The van der Waals surface area contributed by atoms with Gasteiger partial charge in [-0.05, 0) is 30.7 Å². The molecule has 0 aromatic carbocycles. The van der Waals surface area contributed by atoms with Crippen molar-refractivity contribution >= 4 is 57.6 Å². The highest BCUT2D eigenvalue weighted by atomic mass is 35.5. The van der Waals surface area contributed by atoms with Gasteiger partial charge in [0.05, 0.1) is 10.2 Å². The molecule has 4 atom stereocenters. The summed E-state index contributed by atoms with van der Waals surface area (Å²) in [6.07, 6.45) is 3.06. The number of nitrogens with zero attached hydrogens (tertiary/aromatic N) is 7. The van der Waals surface area contributed by atoms with Gasteiger partial charge in [0, 0.05) is 50.3 Å². The fraction of sp³-hybridized carbons (Fsp3) is 0.550. The van der Waals surface area contributed by atoms with Crippen LogP contribution in [0, 0.1) is 6.92 Å². The van der Waals surface area contributed by atoms with Crippen LogP contribution in [-0.4, -0.2) is 75.3 Å². The quantitative estimate of drug-likeness (QED) is 0.241. The van der Waals surface area contributed by atoms with Gasteiger partial charge in [-0.3, -0.25) is 10.9 Å². The topological polar surface area (TPSA) is 199 Å². The molecule has 2 aliphatic rings. The van der Waals surface area contributed by atoms with Crippen LogP contribution in [0.3, 0.4) is 0 Å². The van der Waals surface area contributed by atoms with Gasteiger partial charge in [0.15, 0.2) is 5.82 Å². The number of halogens is 1. The molecule has 2 aliphatic heterocycles. The van der Waals surface area contributed by atoms with Crippen LogP contribution >= 0.6 is 23.7 Å². The molecule has 2 fully saturated rings. The molecule has 0 bridgehead atoms. The van der Waals surface area contributed by atoms with E-state index in [4.69, 9.17) is 27.9 Å². The zero-order valence-electron chi connectivity index (χ0n) is 19.5. The number of nitrogens with two attached hydrogens (primary N) is 4. The van der Waals surface area contributed by atoms with Crippen LogP contribution in [0.25, 0.3) is 10.2 Å². The standard InChI is InChI=1S/C20H31N13S.ClH/c1-10-8-34-16-15(10)25-9-26-17(16)30-31-18-27-19(32-4-11(21)2-12(22)5-32)29-20(28-18)33-6-13(23)3-14(24)7-33;/h8-9,11-14H,2-7,21-24H2,1H3,(H,25,26,30)(H,27,28,29,31);1H/t11-,12+,13-,14+;. The molecule has 5 heterocycles. The van der Waals surface area contributed by atoms with E-state index in [-0.39, 0.29) is 36.6 Å². The molecule has 5 rings (SSSR count). The lowest BCUT2D eigenvalue weighted by molar-refractivity contribution is 0.441. The number of aromatic nitrogens is 5. The molecule has 15 heteroatoms. The number of fused-ring (bicyclic) bond motifs is 1. The molecule has 0 spiro atoms. The summed E-state index contributed by atoms with van der Waals surface area (Å²) in [6.45, 7) is 4.48. The van der Waals surface area contributed by atoms with Crippen LogP contribution in [0.15, 0.2) is 11.7 Å². The summed E-state index contributed by atoms with van der Waals surface area (Å²) in [4.78, 5) is 26.8. The summed E-state index contributed by atoms with van der Waals surface area (Å²) >= 11 is 1.58. The van der Waals surface area contributed by atoms with Gasteiger partial charge >= 0.3 is 0 Å². The molecule has 0 radical (unpaired) electrons. The van der Waals surface area contributed by atoms with Gasteiger partial charge in [0.1, 0.15) is 6.33 Å². The molecule has 0 unspecified atom stereocenters. The zero-order valence-corrected chi connectivity index (χ0v) is 21.1. The van der Waals surface area contributed by atoms with E-state index in [1.54, 1.807) is 11.3 Å². The first-order valence-electron chi connectivity index (χ1n) is 11.3. The zero-order chi connectivity index (χ0) is 23.8. The van der Waals surface area contributed by atoms with Crippen molar-refractivity contribution in [3.8, 4) is 0 Å². The second kappa shape index (κ2) is 10.6. The first-order chi connectivity index (χ1) is 16.4. The average molecular weight is 522 g/mol. The molecule has 3 aromatic heterocycles. The van der Waals surface area contributed by atoms with E-state index >= 15 is 0 Å². The number of thiophene rings is 1. The van der Waals surface area contributed by atoms with E-state index < -0.39 is 0 Å². The van der Waals surface area contributed by atoms with Crippen molar-refractivity contribution in [2.45, 2.75) is 43.9 Å². The van der Waals surface area contributed by atoms with Crippen LogP contribution in [0.4, 0.5) is 23.7 Å². The van der Waals surface area contributed by atoms with E-state index in [1.165, 1.54) is 6.33 Å². The van der Waals surface area contributed by atoms with E-state index in [0.29, 0.717) is 49.8 Å². The number of piperidine rings is 2. The van der Waals surface area contributed by atoms with Gasteiger partial charge in [-0.25, -0.2) is 9.97 Å². The molecule has 0 saturated carbocycles. The Morgan fingerprint density at radius 3 is 1.91 bits per heavy atom. The minimum absolute atomic E-state index is 0. The number of nitrogens with one attached hydrogen (secondary N) is 2. The molecule has 10 N–H and O–H groups in total. The lowest BCUT2D eigenvalue weighted by Gasteiger charge is -2.37. The van der Waals surface area contributed by atoms with Crippen molar-refractivity contribution in [3.63, 3.8) is 0 Å². The van der Waals surface area contributed by atoms with Crippen LogP contribution < -0.4 is 43.6 Å². The third-order valence-electron chi connectivity index (χ3n) is 6.03. The highest BCUT2D eigenvalue weighted by molar-refractivity contribution is 7.18. The molecule has 3 aromatic rings. The van der Waals surface area contributed by atoms with Crippen LogP contribution in [0.1, 0.15) is 18.4 Å². The Morgan fingerprint density at radius 2 is 1.37 bits per heavy atom. The van der Waals surface area contributed by atoms with Gasteiger partial charge in [-0.15, -0.1) is 23.7 Å². The van der Waals surface area contributed by atoms with Crippen molar-refractivity contribution in [1.29, 1.82) is 0 Å². The molecule has 0 amide bonds. The maximum atomic E-state index is 6.22. The largest absolute Gasteiger partial charge is 0.338 e. The predicted molar refractivity (Wildman–Crippen MR) is 142 cm³/mol. The second-order valence-corrected chi connectivity index (χ2v) is 10.0. The third kappa shape index (κ3) is 5.63. The fourth-order valence-electron chi connectivity index (χ4n) is 4.55. The number of hydrogen-bond acceptors (Lipinski definition) is 14. The maximum Gasteiger partial charge on any atom is 0.248 e. The van der Waals surface area contributed by atoms with Gasteiger partial charge in [0.2, 0.25) is 17.8 Å². The molecule has 2 saturated heterocycles. The summed E-state index contributed by atoms with van der Waals surface area (Å²) in [5.41, 5.74) is 33.1. The minimum Gasteiger partial charge on any atom is -0.338 e. The Labute approximate surface area is 213 Å². The van der Waals surface area contributed by atoms with E-state index in [9.17, 15) is 0 Å². The summed E-state index contributed by atoms with van der Waals surface area (Å²) < 4.78 is 0.947. The first kappa shape index (κ1) is 25.5. The van der Waals surface area contributed by atoms with Crippen molar-refractivity contribution in [3.05, 3.63) is 17.3 Å². The Hall–Kier alpha value is -2.62. The Kier molecular flexibility index (Phi) is 7.68. The normalized spacial score (nSPS) is 24.8. The summed E-state index contributed by atoms with van der Waals surface area (Å²) in [5, 5.41) is 2.05. The van der Waals surface area contributed by atoms with Gasteiger partial charge in [-0.1, -0.05) is 0 Å². The number of rotatable bonds is 5. The number of hydrazine groups is 1. The fourth-order valence-corrected chi connectivity index (χ4v) is 5.50. The van der Waals surface area contributed by atoms with Crippen LogP contribution in [0.5, 0.6) is 0 Å². The molecule has 35 heavy (non-hydrogen) atoms. The molecule has 190 valence electrons. The molecular weight excluding hydrogens is 490 g/mol. The smallest absolute Gasteiger partial charge is 0.248 e. The highest BCUT2D eigenvalue weighted by Crippen LogP contribution is 2.28. The lowest BCUT2D eigenvalue weighted by Crippen LogP contribution is -2.54. The minimum atomic E-state index is -0.0494. The van der Waals surface area contributed by atoms with Crippen molar-refractivity contribution in [2.75, 3.05) is 46.8 Å². The monoisotopic (exact) mass is 521 g/mol. The third-order valence-corrected chi connectivity index (χ3v) is 7.13. The average Bonchev–Trinajstić information content (AvgIpc) is 3.17. The van der Waals surface area contributed by atoms with Crippen LogP contribution in [-0.2, 0) is 0 Å². The maximum absolute atomic E-state index is 6.22. The Balaban J connectivity index is 0.00000289. The Bertz CT molecular complexity index is 1090. The summed E-state index contributed by atoms with van der Waals surface area (Å²) in [5.74, 6) is 2.01. The first-order valence-corrected chi connectivity index (χ1v) is 12.2. The number of hydrogen-bond donors (Lipinski definition) is 6. The molecule has 13 nitrogen and oxygen atoms in total. The van der Waals surface area contributed by atoms with Gasteiger partial charge < -0.3 is 32.7 Å². The van der Waals surface area contributed by atoms with Crippen LogP contribution in [0.2, 0.25) is 0 Å². The van der Waals surface area contributed by atoms with E-state index in [0.717, 1.165) is 28.6 Å². The van der Waals surface area contributed by atoms with Crippen molar-refractivity contribution in [1.82, 2.24) is 24.9 Å². The van der Waals surface area contributed by atoms with Gasteiger partial charge in [-0.2, -0.15) is 15.0 Å². The number of aryl methyl sites for hydroxylation is 1. The van der Waals surface area contributed by atoms with Crippen molar-refractivity contribution < 1.29 is 0 Å². The Morgan fingerprint density at radius 1 is 0.829 bits per heavy atom. The summed E-state index contributed by atoms with van der Waals surface area (Å²) in [7, 11) is 0. The molecule has 0 aliphatic carbocycles. The SMILES string of the molecule is Cc1csc2c(NNc3nc(N4C[C@H](N)C[C@H](N)C4)nc(N4C[C@H](N)C[C@H](N)C4)n3)ncnc12.Cl. The summed E-state index contributed by atoms with van der Waals surface area (Å²) in [6, 6.07) is -0.197. The predicted octanol–water partition coefficient (Wildman–Crippen LogP) is -0.225. The highest BCUT2D eigenvalue weighted by Gasteiger charge is 2.28. The second-order valence-electron chi connectivity index (χ2n) is 9.15. The van der Waals surface area contributed by atoms with E-state index in [1.807, 2.05) is 16.7 Å².